The van der Waals surface area contributed by atoms with Gasteiger partial charge in [0.2, 0.25) is 0 Å². The maximum atomic E-state index is 12.7. The Morgan fingerprint density at radius 2 is 1.57 bits per heavy atom. The van der Waals surface area contributed by atoms with Crippen molar-refractivity contribution in [3.63, 3.8) is 0 Å². The van der Waals surface area contributed by atoms with Crippen molar-refractivity contribution in [3.8, 4) is 0 Å². The van der Waals surface area contributed by atoms with Crippen molar-refractivity contribution in [2.75, 3.05) is 6.61 Å². The van der Waals surface area contributed by atoms with E-state index in [0.717, 1.165) is 28.7 Å². The number of carbonyl (C=O) groups is 1. The topological polar surface area (TPSA) is 38.8 Å². The van der Waals surface area contributed by atoms with E-state index in [1.54, 1.807) is 0 Å². The van der Waals surface area contributed by atoms with Crippen LogP contribution in [-0.4, -0.2) is 35.6 Å². The van der Waals surface area contributed by atoms with Crippen LogP contribution in [0.2, 0.25) is 0 Å². The minimum atomic E-state index is -0.0342. The van der Waals surface area contributed by atoms with Crippen LogP contribution in [0.25, 0.3) is 0 Å². The van der Waals surface area contributed by atoms with Crippen molar-refractivity contribution < 1.29 is 14.3 Å². The fourth-order valence-corrected chi connectivity index (χ4v) is 4.23. The van der Waals surface area contributed by atoms with E-state index in [9.17, 15) is 4.79 Å². The first-order valence-corrected chi connectivity index (χ1v) is 9.92. The lowest BCUT2D eigenvalue weighted by Gasteiger charge is -2.41. The first-order valence-electron chi connectivity index (χ1n) is 9.92. The SMILES string of the molecule is CC(C)=C1C(=O)N2C1CC(OCc1ccccc1)C2COCc1ccccc1. The van der Waals surface area contributed by atoms with Gasteiger partial charge < -0.3 is 14.4 Å². The van der Waals surface area contributed by atoms with Crippen LogP contribution < -0.4 is 0 Å². The average molecular weight is 377 g/mol. The Labute approximate surface area is 166 Å². The Hall–Kier alpha value is -2.43. The summed E-state index contributed by atoms with van der Waals surface area (Å²) >= 11 is 0. The maximum absolute atomic E-state index is 12.7. The molecule has 146 valence electrons. The number of β-lactam (4-membered cyclic amide) rings is 1. The molecule has 4 rings (SSSR count). The molecule has 2 aliphatic heterocycles. The number of rotatable bonds is 7. The molecule has 3 atom stereocenters. The third-order valence-corrected chi connectivity index (χ3v) is 5.62. The van der Waals surface area contributed by atoms with E-state index >= 15 is 0 Å². The van der Waals surface area contributed by atoms with Gasteiger partial charge in [-0.05, 0) is 25.0 Å². The van der Waals surface area contributed by atoms with Gasteiger partial charge in [0.05, 0.1) is 38.0 Å². The molecule has 2 aliphatic rings. The Morgan fingerprint density at radius 3 is 2.18 bits per heavy atom. The molecule has 2 aromatic carbocycles. The summed E-state index contributed by atoms with van der Waals surface area (Å²) in [5.74, 6) is 0.143. The van der Waals surface area contributed by atoms with Crippen LogP contribution in [0.4, 0.5) is 0 Å². The smallest absolute Gasteiger partial charge is 0.252 e. The predicted octanol–water partition coefficient (Wildman–Crippen LogP) is 4.11. The van der Waals surface area contributed by atoms with Crippen molar-refractivity contribution in [1.82, 2.24) is 4.90 Å². The second-order valence-electron chi connectivity index (χ2n) is 7.78. The molecule has 0 saturated carbocycles. The van der Waals surface area contributed by atoms with Crippen LogP contribution in [0.15, 0.2) is 71.8 Å². The molecule has 2 aromatic rings. The third kappa shape index (κ3) is 3.75. The van der Waals surface area contributed by atoms with E-state index in [1.807, 2.05) is 55.1 Å². The summed E-state index contributed by atoms with van der Waals surface area (Å²) in [5, 5.41) is 0. The van der Waals surface area contributed by atoms with Crippen LogP contribution in [0.5, 0.6) is 0 Å². The van der Waals surface area contributed by atoms with E-state index < -0.39 is 0 Å². The standard InChI is InChI=1S/C24H27NO3/c1-17(2)23-20-13-22(28-15-19-11-7-4-8-12-19)21(25(20)24(23)26)16-27-14-18-9-5-3-6-10-18/h3-12,20-22H,13-16H2,1-2H3. The van der Waals surface area contributed by atoms with Crippen molar-refractivity contribution in [2.24, 2.45) is 0 Å². The highest BCUT2D eigenvalue weighted by atomic mass is 16.5. The molecular weight excluding hydrogens is 350 g/mol. The van der Waals surface area contributed by atoms with Crippen LogP contribution in [0.1, 0.15) is 31.4 Å². The molecule has 0 radical (unpaired) electrons. The second kappa shape index (κ2) is 8.29. The van der Waals surface area contributed by atoms with Crippen molar-refractivity contribution in [2.45, 2.75) is 51.7 Å². The first-order chi connectivity index (χ1) is 13.6. The largest absolute Gasteiger partial charge is 0.375 e. The van der Waals surface area contributed by atoms with Gasteiger partial charge in [-0.1, -0.05) is 66.2 Å². The number of ether oxygens (including phenoxy) is 2. The third-order valence-electron chi connectivity index (χ3n) is 5.62. The summed E-state index contributed by atoms with van der Waals surface area (Å²) in [5.41, 5.74) is 4.35. The number of hydrogen-bond donors (Lipinski definition) is 0. The zero-order chi connectivity index (χ0) is 19.5. The van der Waals surface area contributed by atoms with Gasteiger partial charge in [-0.2, -0.15) is 0 Å². The molecule has 2 fully saturated rings. The van der Waals surface area contributed by atoms with Crippen LogP contribution in [-0.2, 0) is 27.5 Å². The summed E-state index contributed by atoms with van der Waals surface area (Å²) in [6, 6.07) is 20.4. The Bertz CT molecular complexity index is 843. The van der Waals surface area contributed by atoms with Gasteiger partial charge in [-0.3, -0.25) is 4.79 Å². The van der Waals surface area contributed by atoms with E-state index in [2.05, 4.69) is 24.3 Å². The summed E-state index contributed by atoms with van der Waals surface area (Å²) < 4.78 is 12.3. The highest BCUT2D eigenvalue weighted by molar-refractivity contribution is 6.03. The lowest BCUT2D eigenvalue weighted by atomic mass is 9.91. The quantitative estimate of drug-likeness (QED) is 0.538. The zero-order valence-corrected chi connectivity index (χ0v) is 16.5. The molecule has 0 aliphatic carbocycles. The van der Waals surface area contributed by atoms with Gasteiger partial charge in [-0.25, -0.2) is 0 Å². The monoisotopic (exact) mass is 377 g/mol. The lowest BCUT2D eigenvalue weighted by Crippen LogP contribution is -2.56. The minimum absolute atomic E-state index is 0.0122. The average Bonchev–Trinajstić information content (AvgIpc) is 3.01. The van der Waals surface area contributed by atoms with E-state index in [-0.39, 0.29) is 24.1 Å². The van der Waals surface area contributed by atoms with Crippen LogP contribution >= 0.6 is 0 Å². The van der Waals surface area contributed by atoms with Gasteiger partial charge in [-0.15, -0.1) is 0 Å². The number of amides is 1. The Balaban J connectivity index is 1.43. The molecule has 4 nitrogen and oxygen atoms in total. The van der Waals surface area contributed by atoms with Crippen molar-refractivity contribution in [3.05, 3.63) is 82.9 Å². The highest BCUT2D eigenvalue weighted by Gasteiger charge is 2.55. The number of benzene rings is 2. The molecule has 1 amide bonds. The van der Waals surface area contributed by atoms with E-state index in [4.69, 9.17) is 9.47 Å². The van der Waals surface area contributed by atoms with E-state index in [0.29, 0.717) is 19.8 Å². The summed E-state index contributed by atoms with van der Waals surface area (Å²) in [6.07, 6.45) is 0.833. The molecule has 0 aromatic heterocycles. The molecule has 2 heterocycles. The Morgan fingerprint density at radius 1 is 0.964 bits per heavy atom. The zero-order valence-electron chi connectivity index (χ0n) is 16.5. The molecule has 4 heteroatoms. The molecular formula is C24H27NO3. The molecule has 2 saturated heterocycles. The van der Waals surface area contributed by atoms with E-state index in [1.165, 1.54) is 0 Å². The summed E-state index contributed by atoms with van der Waals surface area (Å²) in [6.45, 7) is 5.63. The number of nitrogens with zero attached hydrogens (tertiary/aromatic N) is 1. The Kier molecular flexibility index (Phi) is 5.60. The summed E-state index contributed by atoms with van der Waals surface area (Å²) in [7, 11) is 0. The minimum Gasteiger partial charge on any atom is -0.375 e. The van der Waals surface area contributed by atoms with Gasteiger partial charge in [0.1, 0.15) is 0 Å². The van der Waals surface area contributed by atoms with Crippen LogP contribution in [0.3, 0.4) is 0 Å². The molecule has 0 bridgehead atoms. The number of hydrogen-bond acceptors (Lipinski definition) is 3. The van der Waals surface area contributed by atoms with Gasteiger partial charge in [0.15, 0.2) is 0 Å². The number of carbonyl (C=O) groups excluding carboxylic acids is 1. The fourth-order valence-electron chi connectivity index (χ4n) is 4.23. The first kappa shape index (κ1) is 18.9. The summed E-state index contributed by atoms with van der Waals surface area (Å²) in [4.78, 5) is 14.7. The molecule has 0 N–H and O–H groups in total. The van der Waals surface area contributed by atoms with Gasteiger partial charge in [0.25, 0.3) is 5.91 Å². The number of fused-ring (bicyclic) bond motifs is 1. The number of allylic oxidation sites excluding steroid dienone is 1. The normalized spacial score (nSPS) is 23.5. The fraction of sp³-hybridized carbons (Fsp3) is 0.375. The van der Waals surface area contributed by atoms with Crippen molar-refractivity contribution in [1.29, 1.82) is 0 Å². The predicted molar refractivity (Wildman–Crippen MR) is 109 cm³/mol. The molecule has 28 heavy (non-hydrogen) atoms. The lowest BCUT2D eigenvalue weighted by molar-refractivity contribution is -0.140. The highest BCUT2D eigenvalue weighted by Crippen LogP contribution is 2.42. The van der Waals surface area contributed by atoms with Gasteiger partial charge in [0, 0.05) is 12.0 Å². The molecule has 0 spiro atoms. The maximum Gasteiger partial charge on any atom is 0.252 e. The van der Waals surface area contributed by atoms with Crippen molar-refractivity contribution >= 4 is 5.91 Å². The molecule has 3 unspecified atom stereocenters. The van der Waals surface area contributed by atoms with Crippen LogP contribution in [0, 0.1) is 0 Å². The second-order valence-corrected chi connectivity index (χ2v) is 7.78. The van der Waals surface area contributed by atoms with Gasteiger partial charge >= 0.3 is 0 Å².